The van der Waals surface area contributed by atoms with E-state index < -0.39 is 0 Å². The number of fused-ring (bicyclic) bond motifs is 4. The minimum absolute atomic E-state index is 0.111. The van der Waals surface area contributed by atoms with Crippen molar-refractivity contribution in [2.75, 3.05) is 5.75 Å². The molecule has 0 radical (unpaired) electrons. The van der Waals surface area contributed by atoms with Crippen LogP contribution >= 0.6 is 11.8 Å². The molecule has 2 aliphatic heterocycles. The SMILES string of the molecule is OCc1c2ccccc2cc2cc3c(cc12)C1CCC3SC1. The lowest BCUT2D eigenvalue weighted by Gasteiger charge is -2.38. The van der Waals surface area contributed by atoms with Crippen molar-refractivity contribution >= 4 is 33.3 Å². The molecule has 0 amide bonds. The average molecular weight is 306 g/mol. The summed E-state index contributed by atoms with van der Waals surface area (Å²) < 4.78 is 0. The van der Waals surface area contributed by atoms with Crippen LogP contribution in [0.3, 0.4) is 0 Å². The van der Waals surface area contributed by atoms with Crippen molar-refractivity contribution in [3.8, 4) is 0 Å². The largest absolute Gasteiger partial charge is 0.392 e. The predicted molar refractivity (Wildman–Crippen MR) is 94.6 cm³/mol. The van der Waals surface area contributed by atoms with Crippen LogP contribution in [0, 0.1) is 0 Å². The van der Waals surface area contributed by atoms with Gasteiger partial charge in [-0.2, -0.15) is 11.8 Å². The number of rotatable bonds is 1. The zero-order valence-electron chi connectivity index (χ0n) is 12.4. The van der Waals surface area contributed by atoms with E-state index in [1.807, 2.05) is 0 Å². The first kappa shape index (κ1) is 13.0. The molecule has 0 aromatic heterocycles. The average Bonchev–Trinajstić information content (AvgIpc) is 2.59. The van der Waals surface area contributed by atoms with E-state index in [1.54, 1.807) is 11.1 Å². The Balaban J connectivity index is 1.89. The normalized spacial score (nSPS) is 23.1. The van der Waals surface area contributed by atoms with Crippen LogP contribution in [-0.4, -0.2) is 10.9 Å². The van der Waals surface area contributed by atoms with Gasteiger partial charge in [-0.25, -0.2) is 0 Å². The van der Waals surface area contributed by atoms with Gasteiger partial charge in [0.25, 0.3) is 0 Å². The Morgan fingerprint density at radius 2 is 1.86 bits per heavy atom. The third kappa shape index (κ3) is 1.71. The van der Waals surface area contributed by atoms with Gasteiger partial charge in [0.2, 0.25) is 0 Å². The van der Waals surface area contributed by atoms with E-state index in [1.165, 1.54) is 40.1 Å². The predicted octanol–water partition coefficient (Wildman–Crippen LogP) is 5.15. The second-order valence-electron chi connectivity index (χ2n) is 6.53. The Morgan fingerprint density at radius 3 is 2.68 bits per heavy atom. The summed E-state index contributed by atoms with van der Waals surface area (Å²) in [6.07, 6.45) is 2.66. The van der Waals surface area contributed by atoms with Crippen LogP contribution in [0.1, 0.15) is 40.7 Å². The highest BCUT2D eigenvalue weighted by atomic mass is 32.2. The van der Waals surface area contributed by atoms with Gasteiger partial charge in [-0.1, -0.05) is 30.3 Å². The molecule has 22 heavy (non-hydrogen) atoms. The maximum absolute atomic E-state index is 9.97. The summed E-state index contributed by atoms with van der Waals surface area (Å²) in [6.45, 7) is 0.111. The molecule has 2 atom stereocenters. The molecule has 1 fully saturated rings. The Labute approximate surface area is 134 Å². The summed E-state index contributed by atoms with van der Waals surface area (Å²) in [5.74, 6) is 1.98. The van der Waals surface area contributed by atoms with Gasteiger partial charge in [0.1, 0.15) is 0 Å². The molecule has 110 valence electrons. The first-order valence-electron chi connectivity index (χ1n) is 8.06. The second-order valence-corrected chi connectivity index (χ2v) is 7.77. The van der Waals surface area contributed by atoms with Gasteiger partial charge >= 0.3 is 0 Å². The highest BCUT2D eigenvalue weighted by molar-refractivity contribution is 7.99. The molecule has 0 saturated carbocycles. The lowest BCUT2D eigenvalue weighted by molar-refractivity contribution is 0.285. The van der Waals surface area contributed by atoms with Crippen LogP contribution in [0.15, 0.2) is 42.5 Å². The molecule has 3 aliphatic rings. The first-order valence-corrected chi connectivity index (χ1v) is 9.10. The van der Waals surface area contributed by atoms with Gasteiger partial charge in [-0.3, -0.25) is 0 Å². The van der Waals surface area contributed by atoms with Crippen LogP contribution in [-0.2, 0) is 6.61 Å². The van der Waals surface area contributed by atoms with Crippen molar-refractivity contribution < 1.29 is 5.11 Å². The summed E-state index contributed by atoms with van der Waals surface area (Å²) in [5, 5.41) is 15.6. The molecule has 1 nitrogen and oxygen atoms in total. The molecule has 0 spiro atoms. The molecule has 2 unspecified atom stereocenters. The molecule has 6 rings (SSSR count). The first-order chi connectivity index (χ1) is 10.8. The highest BCUT2D eigenvalue weighted by Crippen LogP contribution is 2.53. The maximum Gasteiger partial charge on any atom is 0.0693 e. The van der Waals surface area contributed by atoms with Gasteiger partial charge in [-0.15, -0.1) is 0 Å². The molecule has 3 aromatic rings. The number of benzene rings is 3. The summed E-state index contributed by atoms with van der Waals surface area (Å²) in [6, 6.07) is 15.5. The fourth-order valence-electron chi connectivity index (χ4n) is 4.29. The molecule has 1 aliphatic carbocycles. The Kier molecular flexibility index (Phi) is 2.80. The van der Waals surface area contributed by atoms with Crippen molar-refractivity contribution in [2.45, 2.75) is 30.6 Å². The fraction of sp³-hybridized carbons (Fsp3) is 0.300. The van der Waals surface area contributed by atoms with Crippen LogP contribution in [0.4, 0.5) is 0 Å². The van der Waals surface area contributed by atoms with Gasteiger partial charge in [0.15, 0.2) is 0 Å². The van der Waals surface area contributed by atoms with Gasteiger partial charge in [-0.05, 0) is 69.1 Å². The zero-order chi connectivity index (χ0) is 14.7. The topological polar surface area (TPSA) is 20.2 Å². The van der Waals surface area contributed by atoms with Crippen molar-refractivity contribution in [1.82, 2.24) is 0 Å². The third-order valence-corrected chi connectivity index (χ3v) is 6.88. The van der Waals surface area contributed by atoms with Crippen LogP contribution in [0.2, 0.25) is 0 Å². The molecule has 1 N–H and O–H groups in total. The van der Waals surface area contributed by atoms with E-state index in [4.69, 9.17) is 0 Å². The lowest BCUT2D eigenvalue weighted by atomic mass is 9.80. The Bertz CT molecular complexity index is 891. The minimum atomic E-state index is 0.111. The number of aliphatic hydroxyl groups is 1. The molecule has 1 saturated heterocycles. The van der Waals surface area contributed by atoms with Crippen molar-refractivity contribution in [1.29, 1.82) is 0 Å². The second kappa shape index (κ2) is 4.74. The standard InChI is InChI=1S/C20H18OS/c21-10-19-15-4-2-1-3-12(15)7-14-8-18-16(9-17(14)19)13-5-6-20(18)22-11-13/h1-4,7-9,13,20-21H,5-6,10-11H2. The summed E-state index contributed by atoms with van der Waals surface area (Å²) in [7, 11) is 0. The quantitative estimate of drug-likeness (QED) is 0.627. The van der Waals surface area contributed by atoms with E-state index in [2.05, 4.69) is 54.2 Å². The molecular formula is C20H18OS. The fourth-order valence-corrected chi connectivity index (χ4v) is 5.78. The summed E-state index contributed by atoms with van der Waals surface area (Å²) in [5.41, 5.74) is 4.19. The van der Waals surface area contributed by atoms with Gasteiger partial charge in [0, 0.05) is 11.0 Å². The lowest BCUT2D eigenvalue weighted by Crippen LogP contribution is -2.21. The number of thioether (sulfide) groups is 1. The van der Waals surface area contributed by atoms with E-state index in [0.717, 1.165) is 5.56 Å². The summed E-state index contributed by atoms with van der Waals surface area (Å²) >= 11 is 2.13. The molecular weight excluding hydrogens is 288 g/mol. The molecule has 2 heterocycles. The highest BCUT2D eigenvalue weighted by Gasteiger charge is 2.33. The van der Waals surface area contributed by atoms with Crippen LogP contribution < -0.4 is 0 Å². The van der Waals surface area contributed by atoms with Crippen molar-refractivity contribution in [2.24, 2.45) is 0 Å². The minimum Gasteiger partial charge on any atom is -0.392 e. The van der Waals surface area contributed by atoms with E-state index >= 15 is 0 Å². The summed E-state index contributed by atoms with van der Waals surface area (Å²) in [4.78, 5) is 0. The third-order valence-electron chi connectivity index (χ3n) is 5.40. The van der Waals surface area contributed by atoms with E-state index in [0.29, 0.717) is 11.2 Å². The number of hydrogen-bond acceptors (Lipinski definition) is 2. The Hall–Kier alpha value is -1.51. The number of hydrogen-bond donors (Lipinski definition) is 1. The Morgan fingerprint density at radius 1 is 0.955 bits per heavy atom. The van der Waals surface area contributed by atoms with Gasteiger partial charge < -0.3 is 5.11 Å². The number of aliphatic hydroxyl groups excluding tert-OH is 1. The molecule has 2 heteroatoms. The van der Waals surface area contributed by atoms with Crippen molar-refractivity contribution in [3.05, 3.63) is 59.2 Å². The van der Waals surface area contributed by atoms with Crippen LogP contribution in [0.5, 0.6) is 0 Å². The monoisotopic (exact) mass is 306 g/mol. The molecule has 3 aromatic carbocycles. The smallest absolute Gasteiger partial charge is 0.0693 e. The maximum atomic E-state index is 9.97. The molecule has 2 bridgehead atoms. The van der Waals surface area contributed by atoms with E-state index in [9.17, 15) is 5.11 Å². The van der Waals surface area contributed by atoms with Crippen molar-refractivity contribution in [3.63, 3.8) is 0 Å². The van der Waals surface area contributed by atoms with E-state index in [-0.39, 0.29) is 6.61 Å². The van der Waals surface area contributed by atoms with Crippen LogP contribution in [0.25, 0.3) is 21.5 Å². The van der Waals surface area contributed by atoms with Gasteiger partial charge in [0.05, 0.1) is 6.61 Å². The zero-order valence-corrected chi connectivity index (χ0v) is 13.2.